The molecule has 0 unspecified atom stereocenters. The molecule has 0 atom stereocenters. The van der Waals surface area contributed by atoms with Gasteiger partial charge in [-0.1, -0.05) is 0 Å². The van der Waals surface area contributed by atoms with Crippen LogP contribution in [0.5, 0.6) is 5.75 Å². The smallest absolute Gasteiger partial charge is 0.123 e. The van der Waals surface area contributed by atoms with Crippen LogP contribution in [0, 0.1) is 0 Å². The zero-order valence-corrected chi connectivity index (χ0v) is 8.15. The maximum Gasteiger partial charge on any atom is 0.123 e. The molecular weight excluding hydrogens is 170 g/mol. The molecule has 3 heteroatoms. The fourth-order valence-corrected chi connectivity index (χ4v) is 1.60. The summed E-state index contributed by atoms with van der Waals surface area (Å²) < 4.78 is 5.18. The van der Waals surface area contributed by atoms with Crippen molar-refractivity contribution in [2.24, 2.45) is 0 Å². The van der Waals surface area contributed by atoms with Crippen LogP contribution in [0.1, 0.15) is 5.56 Å². The van der Waals surface area contributed by atoms with E-state index in [2.05, 4.69) is 6.26 Å². The van der Waals surface area contributed by atoms with Gasteiger partial charge in [-0.25, -0.2) is 0 Å². The van der Waals surface area contributed by atoms with Gasteiger partial charge in [0.15, 0.2) is 0 Å². The number of nitrogen functional groups attached to an aromatic ring is 1. The molecular formula is C9H13NOS. The van der Waals surface area contributed by atoms with Gasteiger partial charge in [0.05, 0.1) is 7.11 Å². The first-order chi connectivity index (χ1) is 5.77. The Morgan fingerprint density at radius 1 is 1.50 bits per heavy atom. The van der Waals surface area contributed by atoms with Crippen LogP contribution in [0.15, 0.2) is 18.2 Å². The molecule has 1 aromatic carbocycles. The molecule has 0 heterocycles. The summed E-state index contributed by atoms with van der Waals surface area (Å²) >= 11 is 1.76. The van der Waals surface area contributed by atoms with Gasteiger partial charge in [-0.3, -0.25) is 0 Å². The van der Waals surface area contributed by atoms with E-state index in [1.54, 1.807) is 18.9 Å². The summed E-state index contributed by atoms with van der Waals surface area (Å²) in [6.45, 7) is 0. The van der Waals surface area contributed by atoms with Gasteiger partial charge < -0.3 is 10.5 Å². The van der Waals surface area contributed by atoms with Gasteiger partial charge in [0.25, 0.3) is 0 Å². The highest BCUT2D eigenvalue weighted by Gasteiger charge is 2.01. The number of methoxy groups -OCH3 is 1. The quantitative estimate of drug-likeness (QED) is 0.729. The first kappa shape index (κ1) is 9.26. The van der Waals surface area contributed by atoms with Crippen LogP contribution in [0.3, 0.4) is 0 Å². The Hall–Kier alpha value is -0.830. The number of nitrogens with two attached hydrogens (primary N) is 1. The molecule has 66 valence electrons. The number of hydrogen-bond donors (Lipinski definition) is 1. The lowest BCUT2D eigenvalue weighted by Crippen LogP contribution is -1.92. The second-order valence-electron chi connectivity index (χ2n) is 2.50. The Morgan fingerprint density at radius 3 is 2.83 bits per heavy atom. The van der Waals surface area contributed by atoms with Crippen molar-refractivity contribution in [1.82, 2.24) is 0 Å². The van der Waals surface area contributed by atoms with Crippen molar-refractivity contribution in [3.05, 3.63) is 23.8 Å². The van der Waals surface area contributed by atoms with E-state index in [9.17, 15) is 0 Å². The molecule has 0 spiro atoms. The summed E-state index contributed by atoms with van der Waals surface area (Å²) in [5, 5.41) is 0. The highest BCUT2D eigenvalue weighted by atomic mass is 32.2. The minimum Gasteiger partial charge on any atom is -0.496 e. The third-order valence-electron chi connectivity index (χ3n) is 1.60. The maximum absolute atomic E-state index is 5.65. The summed E-state index contributed by atoms with van der Waals surface area (Å²) in [5.74, 6) is 1.85. The summed E-state index contributed by atoms with van der Waals surface area (Å²) in [5.41, 5.74) is 7.60. The summed E-state index contributed by atoms with van der Waals surface area (Å²) in [4.78, 5) is 0. The van der Waals surface area contributed by atoms with Crippen molar-refractivity contribution in [1.29, 1.82) is 0 Å². The lowest BCUT2D eigenvalue weighted by molar-refractivity contribution is 0.411. The van der Waals surface area contributed by atoms with Crippen LogP contribution in [0.2, 0.25) is 0 Å². The molecule has 0 amide bonds. The first-order valence-corrected chi connectivity index (χ1v) is 5.08. The lowest BCUT2D eigenvalue weighted by Gasteiger charge is -2.07. The summed E-state index contributed by atoms with van der Waals surface area (Å²) in [7, 11) is 1.68. The van der Waals surface area contributed by atoms with E-state index in [4.69, 9.17) is 10.5 Å². The van der Waals surface area contributed by atoms with E-state index < -0.39 is 0 Å². The minimum absolute atomic E-state index is 0.792. The molecule has 0 radical (unpaired) electrons. The Labute approximate surface area is 77.1 Å². The molecule has 0 aromatic heterocycles. The molecule has 2 nitrogen and oxygen atoms in total. The highest BCUT2D eigenvalue weighted by Crippen LogP contribution is 2.24. The van der Waals surface area contributed by atoms with Gasteiger partial charge >= 0.3 is 0 Å². The number of benzene rings is 1. The Kier molecular flexibility index (Phi) is 3.29. The molecule has 0 saturated heterocycles. The van der Waals surface area contributed by atoms with Gasteiger partial charge in [-0.2, -0.15) is 11.8 Å². The average molecular weight is 183 g/mol. The van der Waals surface area contributed by atoms with Crippen LogP contribution in [0.4, 0.5) is 5.69 Å². The molecule has 0 fully saturated rings. The molecule has 0 aliphatic carbocycles. The monoisotopic (exact) mass is 183 g/mol. The Balaban J connectivity index is 2.95. The molecule has 0 aliphatic heterocycles. The molecule has 0 bridgehead atoms. The minimum atomic E-state index is 0.792. The summed E-state index contributed by atoms with van der Waals surface area (Å²) in [6, 6.07) is 5.71. The topological polar surface area (TPSA) is 35.2 Å². The Morgan fingerprint density at radius 2 is 2.25 bits per heavy atom. The number of hydrogen-bond acceptors (Lipinski definition) is 3. The number of anilines is 1. The second kappa shape index (κ2) is 4.26. The highest BCUT2D eigenvalue weighted by molar-refractivity contribution is 7.97. The van der Waals surface area contributed by atoms with E-state index in [0.717, 1.165) is 22.8 Å². The van der Waals surface area contributed by atoms with Gasteiger partial charge in [0.1, 0.15) is 5.75 Å². The first-order valence-electron chi connectivity index (χ1n) is 3.69. The van der Waals surface area contributed by atoms with Crippen molar-refractivity contribution < 1.29 is 4.74 Å². The van der Waals surface area contributed by atoms with Gasteiger partial charge in [0.2, 0.25) is 0 Å². The zero-order valence-electron chi connectivity index (χ0n) is 7.33. The predicted octanol–water partition coefficient (Wildman–Crippen LogP) is 2.14. The largest absolute Gasteiger partial charge is 0.496 e. The average Bonchev–Trinajstić information content (AvgIpc) is 2.05. The fraction of sp³-hybridized carbons (Fsp3) is 0.333. The lowest BCUT2D eigenvalue weighted by atomic mass is 10.2. The van der Waals surface area contributed by atoms with Crippen molar-refractivity contribution in [3.8, 4) is 5.75 Å². The van der Waals surface area contributed by atoms with Gasteiger partial charge in [0, 0.05) is 17.0 Å². The molecule has 0 aliphatic rings. The molecule has 0 saturated carbocycles. The van der Waals surface area contributed by atoms with Crippen molar-refractivity contribution >= 4 is 17.4 Å². The van der Waals surface area contributed by atoms with E-state index in [1.807, 2.05) is 18.2 Å². The summed E-state index contributed by atoms with van der Waals surface area (Å²) in [6.07, 6.45) is 2.06. The SMILES string of the molecule is COc1ccc(N)cc1CSC. The normalized spacial score (nSPS) is 9.83. The number of thioether (sulfide) groups is 1. The zero-order chi connectivity index (χ0) is 8.97. The van der Waals surface area contributed by atoms with Gasteiger partial charge in [-0.15, -0.1) is 0 Å². The second-order valence-corrected chi connectivity index (χ2v) is 3.37. The van der Waals surface area contributed by atoms with Crippen molar-refractivity contribution in [2.75, 3.05) is 19.1 Å². The third kappa shape index (κ3) is 2.08. The van der Waals surface area contributed by atoms with Crippen molar-refractivity contribution in [3.63, 3.8) is 0 Å². The van der Waals surface area contributed by atoms with Crippen LogP contribution in [-0.2, 0) is 5.75 Å². The van der Waals surface area contributed by atoms with Crippen LogP contribution >= 0.6 is 11.8 Å². The van der Waals surface area contributed by atoms with Crippen LogP contribution < -0.4 is 10.5 Å². The molecule has 1 rings (SSSR count). The molecule has 1 aromatic rings. The molecule has 2 N–H and O–H groups in total. The standard InChI is InChI=1S/C9H13NOS/c1-11-9-4-3-8(10)5-7(9)6-12-2/h3-5H,6,10H2,1-2H3. The van der Waals surface area contributed by atoms with Gasteiger partial charge in [-0.05, 0) is 24.5 Å². The van der Waals surface area contributed by atoms with E-state index in [0.29, 0.717) is 0 Å². The Bertz CT molecular complexity index is 263. The van der Waals surface area contributed by atoms with E-state index in [-0.39, 0.29) is 0 Å². The van der Waals surface area contributed by atoms with Crippen LogP contribution in [-0.4, -0.2) is 13.4 Å². The maximum atomic E-state index is 5.65. The predicted molar refractivity (Wildman–Crippen MR) is 54.6 cm³/mol. The number of ether oxygens (including phenoxy) is 1. The fourth-order valence-electron chi connectivity index (χ4n) is 1.07. The van der Waals surface area contributed by atoms with Crippen molar-refractivity contribution in [2.45, 2.75) is 5.75 Å². The third-order valence-corrected chi connectivity index (χ3v) is 2.20. The molecule has 12 heavy (non-hydrogen) atoms. The van der Waals surface area contributed by atoms with E-state index >= 15 is 0 Å². The number of rotatable bonds is 3. The van der Waals surface area contributed by atoms with E-state index in [1.165, 1.54) is 0 Å². The van der Waals surface area contributed by atoms with Crippen LogP contribution in [0.25, 0.3) is 0 Å².